The summed E-state index contributed by atoms with van der Waals surface area (Å²) in [6.45, 7) is 10.7. The van der Waals surface area contributed by atoms with Crippen LogP contribution in [0.3, 0.4) is 0 Å². The number of hydrogen-bond acceptors (Lipinski definition) is 6. The number of anilines is 1. The van der Waals surface area contributed by atoms with E-state index in [1.807, 2.05) is 13.8 Å². The molecule has 210 valence electrons. The van der Waals surface area contributed by atoms with Crippen LogP contribution >= 0.6 is 0 Å². The molecule has 1 amide bonds. The molecule has 0 saturated heterocycles. The Balaban J connectivity index is 1.82. The molecule has 7 nitrogen and oxygen atoms in total. The van der Waals surface area contributed by atoms with E-state index < -0.39 is 29.0 Å². The van der Waals surface area contributed by atoms with Crippen LogP contribution in [0, 0.1) is 5.92 Å². The van der Waals surface area contributed by atoms with Gasteiger partial charge in [0.25, 0.3) is 0 Å². The first kappa shape index (κ1) is 29.5. The number of ether oxygens (including phenoxy) is 2. The normalized spacial score (nSPS) is 16.3. The van der Waals surface area contributed by atoms with E-state index in [9.17, 15) is 18.0 Å². The van der Waals surface area contributed by atoms with E-state index in [0.717, 1.165) is 31.7 Å². The molecule has 3 rings (SSSR count). The quantitative estimate of drug-likeness (QED) is 0.352. The van der Waals surface area contributed by atoms with Gasteiger partial charge in [-0.3, -0.25) is 0 Å². The van der Waals surface area contributed by atoms with Crippen LogP contribution in [0.5, 0.6) is 5.75 Å². The first-order valence-corrected chi connectivity index (χ1v) is 13.1. The fraction of sp³-hybridized carbons (Fsp3) is 0.607. The summed E-state index contributed by atoms with van der Waals surface area (Å²) in [5, 5.41) is 6.07. The molecule has 0 aliphatic heterocycles. The van der Waals surface area contributed by atoms with Gasteiger partial charge in [-0.15, -0.1) is 0 Å². The molecule has 1 saturated carbocycles. The molecule has 1 aliphatic carbocycles. The van der Waals surface area contributed by atoms with Crippen LogP contribution in [0.4, 0.5) is 23.9 Å². The fourth-order valence-electron chi connectivity index (χ4n) is 4.71. The average molecular weight is 537 g/mol. The summed E-state index contributed by atoms with van der Waals surface area (Å²) in [5.41, 5.74) is -1.89. The van der Waals surface area contributed by atoms with Crippen molar-refractivity contribution in [1.29, 1.82) is 0 Å². The number of amides is 1. The Morgan fingerprint density at radius 3 is 2.39 bits per heavy atom. The van der Waals surface area contributed by atoms with E-state index in [0.29, 0.717) is 23.6 Å². The van der Waals surface area contributed by atoms with Crippen LogP contribution in [0.15, 0.2) is 30.5 Å². The lowest BCUT2D eigenvalue weighted by atomic mass is 9.91. The molecule has 1 unspecified atom stereocenters. The van der Waals surface area contributed by atoms with Crippen molar-refractivity contribution in [3.05, 3.63) is 36.0 Å². The van der Waals surface area contributed by atoms with Crippen molar-refractivity contribution in [3.8, 4) is 17.0 Å². The zero-order chi connectivity index (χ0) is 28.1. The molecule has 1 aromatic carbocycles. The molecule has 2 aromatic rings. The second kappa shape index (κ2) is 11.8. The molecule has 0 radical (unpaired) electrons. The highest BCUT2D eigenvalue weighted by molar-refractivity contribution is 5.69. The van der Waals surface area contributed by atoms with E-state index in [-0.39, 0.29) is 24.3 Å². The second-order valence-corrected chi connectivity index (χ2v) is 11.7. The number of aromatic nitrogens is 2. The second-order valence-electron chi connectivity index (χ2n) is 11.7. The Morgan fingerprint density at radius 1 is 1.11 bits per heavy atom. The number of alkyl carbamates (subject to hydrolysis) is 1. The number of hydrogen-bond donors (Lipinski definition) is 2. The van der Waals surface area contributed by atoms with E-state index in [4.69, 9.17) is 9.47 Å². The molecule has 1 fully saturated rings. The lowest BCUT2D eigenvalue weighted by molar-refractivity contribution is -0.139. The van der Waals surface area contributed by atoms with E-state index in [1.165, 1.54) is 12.3 Å². The van der Waals surface area contributed by atoms with Gasteiger partial charge in [-0.2, -0.15) is 13.2 Å². The van der Waals surface area contributed by atoms with Gasteiger partial charge in [-0.05, 0) is 77.1 Å². The number of halogens is 3. The van der Waals surface area contributed by atoms with Gasteiger partial charge in [0.15, 0.2) is 0 Å². The lowest BCUT2D eigenvalue weighted by Gasteiger charge is -2.33. The summed E-state index contributed by atoms with van der Waals surface area (Å²) in [6.07, 6.45) is 1.03. The van der Waals surface area contributed by atoms with Crippen molar-refractivity contribution in [3.63, 3.8) is 0 Å². The van der Waals surface area contributed by atoms with Crippen molar-refractivity contribution in [1.82, 2.24) is 15.3 Å². The Labute approximate surface area is 222 Å². The molecule has 1 heterocycles. The molecular formula is C28H39F3N4O3. The van der Waals surface area contributed by atoms with E-state index >= 15 is 0 Å². The summed E-state index contributed by atoms with van der Waals surface area (Å²) in [7, 11) is 0. The summed E-state index contributed by atoms with van der Waals surface area (Å²) in [5.74, 6) is 0.231. The standard InChI is InChI=1S/C28H39F3N4O3/c1-18(2)16-27(6,35-25(36)38-26(3,4)5)17-37-23-12-11-19(15-21(23)28(29,30)31)22-13-14-32-24(34-22)33-20-9-7-8-10-20/h11-15,18,20H,7-10,16-17H2,1-6H3,(H,35,36)(H,32,33,34). The summed E-state index contributed by atoms with van der Waals surface area (Å²) >= 11 is 0. The molecule has 10 heteroatoms. The number of nitrogens with zero attached hydrogens (tertiary/aromatic N) is 2. The molecule has 1 aliphatic rings. The van der Waals surface area contributed by atoms with Crippen LogP contribution in [-0.2, 0) is 10.9 Å². The third-order valence-electron chi connectivity index (χ3n) is 6.13. The molecule has 0 spiro atoms. The van der Waals surface area contributed by atoms with Crippen LogP contribution < -0.4 is 15.4 Å². The Bertz CT molecular complexity index is 1100. The van der Waals surface area contributed by atoms with Gasteiger partial charge in [0, 0.05) is 17.8 Å². The molecular weight excluding hydrogens is 497 g/mol. The maximum absolute atomic E-state index is 14.1. The van der Waals surface area contributed by atoms with Crippen LogP contribution in [0.25, 0.3) is 11.3 Å². The highest BCUT2D eigenvalue weighted by Crippen LogP contribution is 2.39. The number of carbonyl (C=O) groups is 1. The minimum atomic E-state index is -4.66. The van der Waals surface area contributed by atoms with Gasteiger partial charge < -0.3 is 20.1 Å². The topological polar surface area (TPSA) is 85.4 Å². The third-order valence-corrected chi connectivity index (χ3v) is 6.13. The number of nitrogens with one attached hydrogen (secondary N) is 2. The number of rotatable bonds is 9. The van der Waals surface area contributed by atoms with Gasteiger partial charge in [0.2, 0.25) is 5.95 Å². The van der Waals surface area contributed by atoms with Crippen molar-refractivity contribution < 1.29 is 27.4 Å². The zero-order valence-electron chi connectivity index (χ0n) is 23.0. The third kappa shape index (κ3) is 8.77. The minimum Gasteiger partial charge on any atom is -0.491 e. The van der Waals surface area contributed by atoms with E-state index in [1.54, 1.807) is 39.8 Å². The lowest BCUT2D eigenvalue weighted by Crippen LogP contribution is -2.52. The van der Waals surface area contributed by atoms with Gasteiger partial charge in [0.05, 0.1) is 16.8 Å². The first-order valence-electron chi connectivity index (χ1n) is 13.1. The minimum absolute atomic E-state index is 0.146. The van der Waals surface area contributed by atoms with Crippen LogP contribution in [0.2, 0.25) is 0 Å². The fourth-order valence-corrected chi connectivity index (χ4v) is 4.71. The predicted octanol–water partition coefficient (Wildman–Crippen LogP) is 7.23. The Morgan fingerprint density at radius 2 is 1.79 bits per heavy atom. The number of alkyl halides is 3. The van der Waals surface area contributed by atoms with Crippen LogP contribution in [-0.4, -0.2) is 39.8 Å². The monoisotopic (exact) mass is 536 g/mol. The van der Waals surface area contributed by atoms with Gasteiger partial charge >= 0.3 is 12.3 Å². The van der Waals surface area contributed by atoms with Gasteiger partial charge in [-0.1, -0.05) is 26.7 Å². The largest absolute Gasteiger partial charge is 0.491 e. The van der Waals surface area contributed by atoms with Gasteiger partial charge in [-0.25, -0.2) is 14.8 Å². The Kier molecular flexibility index (Phi) is 9.15. The molecule has 0 bridgehead atoms. The molecule has 2 N–H and O–H groups in total. The molecule has 1 atom stereocenters. The molecule has 38 heavy (non-hydrogen) atoms. The van der Waals surface area contributed by atoms with Crippen molar-refractivity contribution in [2.75, 3.05) is 11.9 Å². The molecule has 1 aromatic heterocycles. The SMILES string of the molecule is CC(C)CC(C)(COc1ccc(-c2ccnc(NC3CCCC3)n2)cc1C(F)(F)F)NC(=O)OC(C)(C)C. The average Bonchev–Trinajstić information content (AvgIpc) is 3.28. The smallest absolute Gasteiger partial charge is 0.419 e. The maximum Gasteiger partial charge on any atom is 0.419 e. The number of carbonyl (C=O) groups excluding carboxylic acids is 1. The highest BCUT2D eigenvalue weighted by Gasteiger charge is 2.37. The highest BCUT2D eigenvalue weighted by atomic mass is 19.4. The Hall–Kier alpha value is -3.04. The van der Waals surface area contributed by atoms with Crippen molar-refractivity contribution >= 4 is 12.0 Å². The number of benzene rings is 1. The maximum atomic E-state index is 14.1. The summed E-state index contributed by atoms with van der Waals surface area (Å²) in [4.78, 5) is 21.1. The summed E-state index contributed by atoms with van der Waals surface area (Å²) < 4.78 is 53.4. The van der Waals surface area contributed by atoms with Crippen molar-refractivity contribution in [2.45, 2.75) is 97.0 Å². The van der Waals surface area contributed by atoms with Crippen molar-refractivity contribution in [2.24, 2.45) is 5.92 Å². The first-order chi connectivity index (χ1) is 17.6. The van der Waals surface area contributed by atoms with Crippen LogP contribution in [0.1, 0.15) is 79.2 Å². The zero-order valence-corrected chi connectivity index (χ0v) is 23.0. The predicted molar refractivity (Wildman–Crippen MR) is 141 cm³/mol. The summed E-state index contributed by atoms with van der Waals surface area (Å²) in [6, 6.07) is 5.75. The van der Waals surface area contributed by atoms with E-state index in [2.05, 4.69) is 20.6 Å². The van der Waals surface area contributed by atoms with Gasteiger partial charge in [0.1, 0.15) is 18.0 Å².